The van der Waals surface area contributed by atoms with Gasteiger partial charge < -0.3 is 24.1 Å². The zero-order chi connectivity index (χ0) is 23.3. The molecule has 3 rings (SSSR count). The van der Waals surface area contributed by atoms with Crippen molar-refractivity contribution in [2.45, 2.75) is 39.5 Å². The first kappa shape index (κ1) is 23.7. The summed E-state index contributed by atoms with van der Waals surface area (Å²) in [7, 11) is 3.43. The maximum atomic E-state index is 13.2. The zero-order valence-electron chi connectivity index (χ0n) is 19.3. The molecule has 0 unspecified atom stereocenters. The van der Waals surface area contributed by atoms with Crippen LogP contribution in [0, 0.1) is 5.92 Å². The minimum absolute atomic E-state index is 0.0242. The first-order valence-corrected chi connectivity index (χ1v) is 10.7. The van der Waals surface area contributed by atoms with Crippen molar-refractivity contribution in [1.29, 1.82) is 0 Å². The maximum Gasteiger partial charge on any atom is 0.257 e. The van der Waals surface area contributed by atoms with Gasteiger partial charge in [0.25, 0.3) is 5.91 Å². The Kier molecular flexibility index (Phi) is 7.87. The van der Waals surface area contributed by atoms with Gasteiger partial charge in [0.1, 0.15) is 18.6 Å². The molecule has 2 aromatic rings. The van der Waals surface area contributed by atoms with Crippen LogP contribution in [-0.2, 0) is 16.1 Å². The highest BCUT2D eigenvalue weighted by molar-refractivity contribution is 5.98. The van der Waals surface area contributed by atoms with Crippen LogP contribution in [0.1, 0.15) is 36.8 Å². The van der Waals surface area contributed by atoms with Gasteiger partial charge in [-0.25, -0.2) is 4.98 Å². The van der Waals surface area contributed by atoms with Crippen LogP contribution in [0.4, 0.5) is 5.69 Å². The summed E-state index contributed by atoms with van der Waals surface area (Å²) in [5.41, 5.74) is 1.86. The Labute approximate surface area is 188 Å². The van der Waals surface area contributed by atoms with Gasteiger partial charge in [-0.2, -0.15) is 0 Å². The molecule has 0 radical (unpaired) electrons. The van der Waals surface area contributed by atoms with Gasteiger partial charge in [0.05, 0.1) is 17.4 Å². The second kappa shape index (κ2) is 10.6. The topological polar surface area (TPSA) is 97.1 Å². The number of hydrogen-bond donors (Lipinski definition) is 1. The van der Waals surface area contributed by atoms with Crippen molar-refractivity contribution in [3.8, 4) is 5.75 Å². The number of rotatable bonds is 4. The molecule has 3 atom stereocenters. The van der Waals surface area contributed by atoms with Crippen LogP contribution in [0.15, 0.2) is 35.3 Å². The van der Waals surface area contributed by atoms with Crippen LogP contribution in [0.5, 0.6) is 5.75 Å². The molecule has 0 fully saturated rings. The predicted octanol–water partition coefficient (Wildman–Crippen LogP) is 2.64. The number of fused-ring (bicyclic) bond motifs is 1. The molecule has 0 spiro atoms. The lowest BCUT2D eigenvalue weighted by molar-refractivity contribution is -0.114. The fourth-order valence-corrected chi connectivity index (χ4v) is 3.87. The Morgan fingerprint density at radius 2 is 2.09 bits per heavy atom. The van der Waals surface area contributed by atoms with Crippen molar-refractivity contribution in [2.75, 3.05) is 39.2 Å². The maximum absolute atomic E-state index is 13.2. The van der Waals surface area contributed by atoms with E-state index in [0.29, 0.717) is 36.7 Å². The Hall–Kier alpha value is -2.91. The number of methoxy groups -OCH3 is 1. The SMILES string of the molecule is CO[C@@H]1CN(C)C(=O)c2ccc(NC(C)=O)cc2OC[C@@H](C)N(Cc2cocn2)C[C@H]1C. The normalized spacial score (nSPS) is 23.0. The molecule has 32 heavy (non-hydrogen) atoms. The van der Waals surface area contributed by atoms with E-state index in [4.69, 9.17) is 13.9 Å². The smallest absolute Gasteiger partial charge is 0.257 e. The summed E-state index contributed by atoms with van der Waals surface area (Å²) in [6, 6.07) is 5.11. The van der Waals surface area contributed by atoms with Crippen LogP contribution in [0.3, 0.4) is 0 Å². The first-order chi connectivity index (χ1) is 15.3. The molecule has 0 saturated heterocycles. The number of ether oxygens (including phenoxy) is 2. The van der Waals surface area contributed by atoms with Crippen molar-refractivity contribution >= 4 is 17.5 Å². The van der Waals surface area contributed by atoms with Gasteiger partial charge in [0.15, 0.2) is 6.39 Å². The molecule has 9 nitrogen and oxygen atoms in total. The minimum Gasteiger partial charge on any atom is -0.491 e. The lowest BCUT2D eigenvalue weighted by Gasteiger charge is -2.35. The molecule has 1 N–H and O–H groups in total. The second-order valence-corrected chi connectivity index (χ2v) is 8.40. The molecule has 1 aliphatic rings. The third-order valence-corrected chi connectivity index (χ3v) is 5.74. The molecular formula is C23H32N4O5. The van der Waals surface area contributed by atoms with Crippen LogP contribution in [0.25, 0.3) is 0 Å². The largest absolute Gasteiger partial charge is 0.491 e. The molecule has 1 aromatic heterocycles. The highest BCUT2D eigenvalue weighted by Gasteiger charge is 2.28. The summed E-state index contributed by atoms with van der Waals surface area (Å²) < 4.78 is 17.0. The Balaban J connectivity index is 1.94. The number of oxazole rings is 1. The predicted molar refractivity (Wildman–Crippen MR) is 120 cm³/mol. The molecule has 1 aliphatic heterocycles. The number of anilines is 1. The van der Waals surface area contributed by atoms with E-state index in [1.54, 1.807) is 43.5 Å². The van der Waals surface area contributed by atoms with E-state index in [1.807, 2.05) is 0 Å². The molecular weight excluding hydrogens is 412 g/mol. The quantitative estimate of drug-likeness (QED) is 0.774. The summed E-state index contributed by atoms with van der Waals surface area (Å²) in [4.78, 5) is 32.9. The van der Waals surface area contributed by atoms with E-state index in [2.05, 4.69) is 29.0 Å². The number of amides is 2. The van der Waals surface area contributed by atoms with E-state index in [0.717, 1.165) is 12.2 Å². The lowest BCUT2D eigenvalue weighted by atomic mass is 10.0. The van der Waals surface area contributed by atoms with E-state index in [1.165, 1.54) is 13.3 Å². The van der Waals surface area contributed by atoms with Crippen molar-refractivity contribution < 1.29 is 23.5 Å². The van der Waals surface area contributed by atoms with Crippen LogP contribution in [0.2, 0.25) is 0 Å². The first-order valence-electron chi connectivity index (χ1n) is 10.7. The van der Waals surface area contributed by atoms with Crippen molar-refractivity contribution in [3.63, 3.8) is 0 Å². The van der Waals surface area contributed by atoms with Crippen molar-refractivity contribution in [1.82, 2.24) is 14.8 Å². The lowest BCUT2D eigenvalue weighted by Crippen LogP contribution is -2.46. The highest BCUT2D eigenvalue weighted by Crippen LogP contribution is 2.27. The van der Waals surface area contributed by atoms with Gasteiger partial charge in [0, 0.05) is 58.5 Å². The average molecular weight is 445 g/mol. The van der Waals surface area contributed by atoms with Gasteiger partial charge in [0.2, 0.25) is 5.91 Å². The van der Waals surface area contributed by atoms with Gasteiger partial charge in [-0.1, -0.05) is 6.92 Å². The minimum atomic E-state index is -0.189. The highest BCUT2D eigenvalue weighted by atomic mass is 16.5. The summed E-state index contributed by atoms with van der Waals surface area (Å²) >= 11 is 0. The standard InChI is InChI=1S/C23H32N4O5/c1-15-9-27(10-19-13-31-14-24-19)16(2)12-32-21-8-18(25-17(3)28)6-7-20(21)23(29)26(4)11-22(15)30-5/h6-8,13-16,22H,9-12H2,1-5H3,(H,25,28)/t15-,16-,22-/m1/s1. The van der Waals surface area contributed by atoms with Crippen LogP contribution >= 0.6 is 0 Å². The zero-order valence-corrected chi connectivity index (χ0v) is 19.3. The number of nitrogens with one attached hydrogen (secondary N) is 1. The van der Waals surface area contributed by atoms with Gasteiger partial charge in [-0.15, -0.1) is 0 Å². The number of carbonyl (C=O) groups is 2. The average Bonchev–Trinajstić information content (AvgIpc) is 3.26. The van der Waals surface area contributed by atoms with Crippen molar-refractivity contribution in [2.24, 2.45) is 5.92 Å². The van der Waals surface area contributed by atoms with E-state index >= 15 is 0 Å². The molecule has 1 aromatic carbocycles. The van der Waals surface area contributed by atoms with Crippen LogP contribution < -0.4 is 10.1 Å². The number of nitrogens with zero attached hydrogens (tertiary/aromatic N) is 3. The number of carbonyl (C=O) groups excluding carboxylic acids is 2. The summed E-state index contributed by atoms with van der Waals surface area (Å²) in [5.74, 6) is 0.247. The fraction of sp³-hybridized carbons (Fsp3) is 0.522. The van der Waals surface area contributed by atoms with E-state index < -0.39 is 0 Å². The van der Waals surface area contributed by atoms with Crippen molar-refractivity contribution in [3.05, 3.63) is 42.1 Å². The molecule has 2 amide bonds. The summed E-state index contributed by atoms with van der Waals surface area (Å²) in [6.45, 7) is 7.77. The molecule has 0 saturated carbocycles. The Morgan fingerprint density at radius 1 is 1.31 bits per heavy atom. The molecule has 9 heteroatoms. The van der Waals surface area contributed by atoms with Gasteiger partial charge >= 0.3 is 0 Å². The van der Waals surface area contributed by atoms with Gasteiger partial charge in [-0.3, -0.25) is 14.5 Å². The third-order valence-electron chi connectivity index (χ3n) is 5.74. The Bertz CT molecular complexity index is 917. The molecule has 2 heterocycles. The molecule has 0 bridgehead atoms. The van der Waals surface area contributed by atoms with Crippen LogP contribution in [-0.4, -0.2) is 72.6 Å². The second-order valence-electron chi connectivity index (χ2n) is 8.40. The van der Waals surface area contributed by atoms with E-state index in [9.17, 15) is 9.59 Å². The monoisotopic (exact) mass is 444 g/mol. The molecule has 0 aliphatic carbocycles. The Morgan fingerprint density at radius 3 is 2.75 bits per heavy atom. The summed E-state index contributed by atoms with van der Waals surface area (Å²) in [6.07, 6.45) is 2.93. The summed E-state index contributed by atoms with van der Waals surface area (Å²) in [5, 5.41) is 2.75. The third kappa shape index (κ3) is 5.86. The van der Waals surface area contributed by atoms with E-state index in [-0.39, 0.29) is 29.9 Å². The molecule has 174 valence electrons. The number of aromatic nitrogens is 1. The fourth-order valence-electron chi connectivity index (χ4n) is 3.87. The number of likely N-dealkylation sites (N-methyl/N-ethyl adjacent to an activating group) is 1. The number of benzene rings is 1. The number of hydrogen-bond acceptors (Lipinski definition) is 7. The van der Waals surface area contributed by atoms with Gasteiger partial charge in [-0.05, 0) is 25.0 Å².